The van der Waals surface area contributed by atoms with Crippen molar-refractivity contribution in [1.82, 2.24) is 29.5 Å². The third-order valence-electron chi connectivity index (χ3n) is 6.02. The van der Waals surface area contributed by atoms with Gasteiger partial charge in [0.15, 0.2) is 5.65 Å². The first-order chi connectivity index (χ1) is 16.6. The van der Waals surface area contributed by atoms with Crippen molar-refractivity contribution in [3.8, 4) is 5.69 Å². The van der Waals surface area contributed by atoms with E-state index in [1.807, 2.05) is 39.6 Å². The molecular formula is C25H24N8O. The molecule has 4 aromatic rings. The molecule has 0 spiro atoms. The molecule has 9 heteroatoms. The molecule has 4 heterocycles. The van der Waals surface area contributed by atoms with Crippen molar-refractivity contribution in [2.24, 2.45) is 0 Å². The number of amides is 1. The Morgan fingerprint density at radius 2 is 2.15 bits per heavy atom. The van der Waals surface area contributed by atoms with Gasteiger partial charge in [-0.3, -0.25) is 4.79 Å². The zero-order chi connectivity index (χ0) is 23.1. The fraction of sp³-hybridized carbons (Fsp3) is 0.200. The number of para-hydroxylation sites is 1. The second kappa shape index (κ2) is 8.18. The van der Waals surface area contributed by atoms with E-state index in [0.29, 0.717) is 24.7 Å². The van der Waals surface area contributed by atoms with Crippen molar-refractivity contribution in [2.45, 2.75) is 31.8 Å². The summed E-state index contributed by atoms with van der Waals surface area (Å²) in [6, 6.07) is 10.7. The van der Waals surface area contributed by atoms with E-state index < -0.39 is 0 Å². The van der Waals surface area contributed by atoms with Crippen LogP contribution in [0.3, 0.4) is 0 Å². The van der Waals surface area contributed by atoms with Gasteiger partial charge in [0, 0.05) is 42.3 Å². The second-order valence-corrected chi connectivity index (χ2v) is 8.61. The van der Waals surface area contributed by atoms with Crippen LogP contribution in [0.25, 0.3) is 17.4 Å². The van der Waals surface area contributed by atoms with Gasteiger partial charge in [-0.15, -0.1) is 0 Å². The smallest absolute Gasteiger partial charge is 0.228 e. The van der Waals surface area contributed by atoms with E-state index in [9.17, 15) is 4.79 Å². The molecule has 1 saturated heterocycles. The Morgan fingerprint density at radius 1 is 1.26 bits per heavy atom. The van der Waals surface area contributed by atoms with Gasteiger partial charge in [-0.05, 0) is 36.1 Å². The van der Waals surface area contributed by atoms with Gasteiger partial charge < -0.3 is 20.5 Å². The molecular weight excluding hydrogens is 428 g/mol. The summed E-state index contributed by atoms with van der Waals surface area (Å²) in [6.45, 7) is 4.54. The Morgan fingerprint density at radius 3 is 2.91 bits per heavy atom. The van der Waals surface area contributed by atoms with Crippen LogP contribution >= 0.6 is 0 Å². The zero-order valence-corrected chi connectivity index (χ0v) is 18.5. The number of allylic oxidation sites excluding steroid dienone is 1. The Labute approximate surface area is 196 Å². The number of fused-ring (bicyclic) bond motifs is 1. The van der Waals surface area contributed by atoms with E-state index in [1.54, 1.807) is 18.7 Å². The van der Waals surface area contributed by atoms with Gasteiger partial charge in [-0.1, -0.05) is 24.8 Å². The Kier molecular flexibility index (Phi) is 4.87. The average Bonchev–Trinajstić information content (AvgIpc) is 3.20. The maximum absolute atomic E-state index is 11.8. The van der Waals surface area contributed by atoms with Crippen molar-refractivity contribution in [3.63, 3.8) is 0 Å². The molecule has 0 radical (unpaired) electrons. The van der Waals surface area contributed by atoms with Crippen molar-refractivity contribution in [2.75, 3.05) is 10.6 Å². The third-order valence-corrected chi connectivity index (χ3v) is 6.02. The summed E-state index contributed by atoms with van der Waals surface area (Å²) < 4.78 is 3.82. The van der Waals surface area contributed by atoms with Crippen LogP contribution in [0.1, 0.15) is 30.4 Å². The highest BCUT2D eigenvalue weighted by molar-refractivity contribution is 5.89. The molecule has 0 atom stereocenters. The first-order valence-electron chi connectivity index (χ1n) is 11.3. The quantitative estimate of drug-likeness (QED) is 0.397. The second-order valence-electron chi connectivity index (χ2n) is 8.61. The Balaban J connectivity index is 1.34. The highest BCUT2D eigenvalue weighted by Crippen LogP contribution is 2.29. The van der Waals surface area contributed by atoms with E-state index in [1.165, 1.54) is 0 Å². The largest absolute Gasteiger partial charge is 0.367 e. The molecule has 2 fully saturated rings. The van der Waals surface area contributed by atoms with E-state index in [0.717, 1.165) is 52.5 Å². The summed E-state index contributed by atoms with van der Waals surface area (Å²) in [5.74, 6) is 1.59. The topological polar surface area (TPSA) is 101 Å². The molecule has 6 rings (SSSR count). The number of rotatable bonds is 7. The summed E-state index contributed by atoms with van der Waals surface area (Å²) in [4.78, 5) is 20.8. The number of benzene rings is 1. The molecule has 170 valence electrons. The van der Waals surface area contributed by atoms with Crippen LogP contribution in [0, 0.1) is 0 Å². The number of imidazole rings is 1. The van der Waals surface area contributed by atoms with Crippen LogP contribution in [-0.2, 0) is 11.3 Å². The number of hydrogen-bond acceptors (Lipinski definition) is 6. The number of anilines is 2. The number of nitrogens with one attached hydrogen (secondary N) is 3. The lowest BCUT2D eigenvalue weighted by molar-refractivity contribution is -0.118. The molecule has 3 N–H and O–H groups in total. The number of nitrogens with zero attached hydrogens (tertiary/aromatic N) is 5. The molecule has 1 aliphatic heterocycles. The van der Waals surface area contributed by atoms with Crippen molar-refractivity contribution >= 4 is 29.3 Å². The predicted octanol–water partition coefficient (Wildman–Crippen LogP) is 3.52. The minimum absolute atomic E-state index is 0.0457. The maximum Gasteiger partial charge on any atom is 0.228 e. The molecule has 1 aliphatic carbocycles. The maximum atomic E-state index is 11.8. The van der Waals surface area contributed by atoms with Gasteiger partial charge in [-0.2, -0.15) is 9.61 Å². The van der Waals surface area contributed by atoms with E-state index in [2.05, 4.69) is 44.7 Å². The lowest BCUT2D eigenvalue weighted by Gasteiger charge is -2.14. The summed E-state index contributed by atoms with van der Waals surface area (Å²) >= 11 is 0. The highest BCUT2D eigenvalue weighted by Gasteiger charge is 2.24. The zero-order valence-electron chi connectivity index (χ0n) is 18.5. The molecule has 2 aliphatic rings. The molecule has 1 saturated carbocycles. The van der Waals surface area contributed by atoms with Crippen LogP contribution in [0.5, 0.6) is 0 Å². The molecule has 9 nitrogen and oxygen atoms in total. The summed E-state index contributed by atoms with van der Waals surface area (Å²) in [5.41, 5.74) is 5.24. The number of aromatic nitrogens is 5. The molecule has 1 aromatic carbocycles. The molecule has 0 unspecified atom stereocenters. The van der Waals surface area contributed by atoms with Gasteiger partial charge in [0.2, 0.25) is 5.91 Å². The van der Waals surface area contributed by atoms with Crippen LogP contribution < -0.4 is 16.0 Å². The minimum atomic E-state index is -0.0457. The van der Waals surface area contributed by atoms with Crippen LogP contribution in [0.2, 0.25) is 0 Å². The predicted molar refractivity (Wildman–Crippen MR) is 130 cm³/mol. The first kappa shape index (κ1) is 20.2. The van der Waals surface area contributed by atoms with E-state index >= 15 is 0 Å². The van der Waals surface area contributed by atoms with Crippen molar-refractivity contribution < 1.29 is 4.79 Å². The lowest BCUT2D eigenvalue weighted by atomic mass is 10.1. The highest BCUT2D eigenvalue weighted by atomic mass is 16.1. The fourth-order valence-electron chi connectivity index (χ4n) is 4.11. The first-order valence-corrected chi connectivity index (χ1v) is 11.3. The van der Waals surface area contributed by atoms with E-state index in [4.69, 9.17) is 4.98 Å². The normalized spacial score (nSPS) is 16.9. The number of hydrogen-bond donors (Lipinski definition) is 3. The van der Waals surface area contributed by atoms with Gasteiger partial charge >= 0.3 is 0 Å². The summed E-state index contributed by atoms with van der Waals surface area (Å²) in [7, 11) is 0. The number of carbonyl (C=O) groups excluding carboxylic acids is 1. The lowest BCUT2D eigenvalue weighted by Crippen LogP contribution is -2.11. The summed E-state index contributed by atoms with van der Waals surface area (Å²) in [6.07, 6.45) is 11.8. The molecule has 0 bridgehead atoms. The minimum Gasteiger partial charge on any atom is -0.367 e. The van der Waals surface area contributed by atoms with Gasteiger partial charge in [0.05, 0.1) is 24.6 Å². The SMILES string of the molecule is C=C1NC(=O)C/C1=C\c1cnn2c(NC3CC3)cc(NCc3ccccc3-n3ccnc3)nc12. The third kappa shape index (κ3) is 3.92. The fourth-order valence-corrected chi connectivity index (χ4v) is 4.11. The monoisotopic (exact) mass is 452 g/mol. The molecule has 34 heavy (non-hydrogen) atoms. The average molecular weight is 453 g/mol. The number of carbonyl (C=O) groups is 1. The Hall–Kier alpha value is -4.40. The molecule has 3 aromatic heterocycles. The van der Waals surface area contributed by atoms with E-state index in [-0.39, 0.29) is 5.91 Å². The Bertz CT molecular complexity index is 1430. The van der Waals surface area contributed by atoms with Gasteiger partial charge in [-0.25, -0.2) is 9.97 Å². The van der Waals surface area contributed by atoms with Crippen LogP contribution in [-0.4, -0.2) is 36.1 Å². The van der Waals surface area contributed by atoms with Crippen molar-refractivity contribution in [3.05, 3.63) is 84.2 Å². The van der Waals surface area contributed by atoms with Gasteiger partial charge in [0.25, 0.3) is 0 Å². The van der Waals surface area contributed by atoms with Crippen LogP contribution in [0.4, 0.5) is 11.6 Å². The van der Waals surface area contributed by atoms with Crippen molar-refractivity contribution in [1.29, 1.82) is 0 Å². The van der Waals surface area contributed by atoms with Gasteiger partial charge in [0.1, 0.15) is 11.6 Å². The summed E-state index contributed by atoms with van der Waals surface area (Å²) in [5, 5.41) is 14.4. The van der Waals surface area contributed by atoms with Crippen LogP contribution in [0.15, 0.2) is 73.1 Å². The molecule has 1 amide bonds. The standard InChI is InChI=1S/C25H24N8O/c1-16-18(11-24(34)29-16)10-19-14-28-33-23(30-20-6-7-20)12-22(31-25(19)33)27-13-17-4-2-3-5-21(17)32-9-8-26-15-32/h2-5,8-10,12,14-15,20,30H,1,6-7,11,13H2,(H,27,31)(H,29,34)/b18-10+.